The average Bonchev–Trinajstić information content (AvgIpc) is 2.67. The number of ether oxygens (including phenoxy) is 1. The van der Waals surface area contributed by atoms with Gasteiger partial charge in [0.25, 0.3) is 0 Å². The van der Waals surface area contributed by atoms with Gasteiger partial charge in [-0.25, -0.2) is 4.79 Å². The van der Waals surface area contributed by atoms with Gasteiger partial charge >= 0.3 is 6.09 Å². The number of likely N-dealkylation sites (tertiary alicyclic amines) is 1. The number of rotatable bonds is 5. The third kappa shape index (κ3) is 4.60. The fraction of sp³-hybridized carbons (Fsp3) is 0.368. The molecule has 26 heavy (non-hydrogen) atoms. The van der Waals surface area contributed by atoms with Crippen molar-refractivity contribution in [3.8, 4) is 17.0 Å². The van der Waals surface area contributed by atoms with Gasteiger partial charge in [-0.15, -0.1) is 0 Å². The number of amides is 1. The van der Waals surface area contributed by atoms with Crippen LogP contribution in [0.5, 0.6) is 5.75 Å². The van der Waals surface area contributed by atoms with Crippen molar-refractivity contribution in [1.29, 1.82) is 0 Å². The molecule has 1 atom stereocenters. The van der Waals surface area contributed by atoms with Gasteiger partial charge in [-0.2, -0.15) is 0 Å². The number of hydrogen-bond acceptors (Lipinski definition) is 4. The summed E-state index contributed by atoms with van der Waals surface area (Å²) in [6.45, 7) is 1.71. The van der Waals surface area contributed by atoms with Crippen LogP contribution in [-0.2, 0) is 10.8 Å². The van der Waals surface area contributed by atoms with E-state index >= 15 is 0 Å². The second-order valence-electron chi connectivity index (χ2n) is 6.38. The van der Waals surface area contributed by atoms with Crippen molar-refractivity contribution < 1.29 is 18.8 Å². The Morgan fingerprint density at radius 3 is 2.46 bits per heavy atom. The lowest BCUT2D eigenvalue weighted by molar-refractivity contribution is 0.111. The molecule has 1 aromatic carbocycles. The van der Waals surface area contributed by atoms with Gasteiger partial charge in [0.1, 0.15) is 5.75 Å². The van der Waals surface area contributed by atoms with Crippen LogP contribution < -0.4 is 4.74 Å². The fourth-order valence-electron chi connectivity index (χ4n) is 2.96. The molecule has 0 aliphatic carbocycles. The van der Waals surface area contributed by atoms with E-state index in [1.807, 2.05) is 36.4 Å². The number of nitrogens with zero attached hydrogens (tertiary/aromatic N) is 2. The van der Waals surface area contributed by atoms with Crippen LogP contribution in [-0.4, -0.2) is 51.2 Å². The number of benzene rings is 1. The minimum Gasteiger partial charge on any atom is -0.492 e. The van der Waals surface area contributed by atoms with Gasteiger partial charge in [-0.3, -0.25) is 9.19 Å². The second-order valence-corrected chi connectivity index (χ2v) is 7.76. The Morgan fingerprint density at radius 1 is 1.23 bits per heavy atom. The molecule has 1 amide bonds. The Hall–Kier alpha value is -2.41. The molecule has 0 saturated carbocycles. The first-order valence-corrected chi connectivity index (χ1v) is 10.1. The van der Waals surface area contributed by atoms with E-state index in [0.29, 0.717) is 31.4 Å². The lowest BCUT2D eigenvalue weighted by Crippen LogP contribution is -2.38. The predicted molar refractivity (Wildman–Crippen MR) is 99.8 cm³/mol. The molecule has 0 spiro atoms. The standard InChI is InChI=1S/C19H22N2O4S/c1-26(24)17-5-2-15(3-6-17)18-7-4-16(12-20-18)25-13-14-8-10-21(11-9-14)19(22)23/h2-7,12,14H,8-11,13H2,1H3,(H,22,23). The van der Waals surface area contributed by atoms with Crippen LogP contribution in [0.25, 0.3) is 11.3 Å². The predicted octanol–water partition coefficient (Wildman–Crippen LogP) is 3.25. The molecule has 3 rings (SSSR count). The molecule has 0 bridgehead atoms. The zero-order valence-electron chi connectivity index (χ0n) is 14.6. The SMILES string of the molecule is CS(=O)c1ccc(-c2ccc(OCC3CCN(C(=O)O)CC3)cn2)cc1. The Labute approximate surface area is 155 Å². The van der Waals surface area contributed by atoms with E-state index in [0.717, 1.165) is 29.0 Å². The molecule has 1 aliphatic rings. The second kappa shape index (κ2) is 8.31. The quantitative estimate of drug-likeness (QED) is 0.869. The van der Waals surface area contributed by atoms with Crippen molar-refractivity contribution in [2.24, 2.45) is 5.92 Å². The maximum atomic E-state index is 11.4. The highest BCUT2D eigenvalue weighted by Crippen LogP contribution is 2.22. The molecule has 6 nitrogen and oxygen atoms in total. The van der Waals surface area contributed by atoms with Crippen LogP contribution in [0.15, 0.2) is 47.5 Å². The Bertz CT molecular complexity index is 769. The van der Waals surface area contributed by atoms with E-state index in [4.69, 9.17) is 9.84 Å². The molecule has 1 unspecified atom stereocenters. The molecule has 1 aromatic heterocycles. The van der Waals surface area contributed by atoms with Crippen LogP contribution in [0.3, 0.4) is 0 Å². The van der Waals surface area contributed by atoms with Gasteiger partial charge < -0.3 is 14.7 Å². The van der Waals surface area contributed by atoms with Crippen molar-refractivity contribution in [2.45, 2.75) is 17.7 Å². The summed E-state index contributed by atoms with van der Waals surface area (Å²) in [5.74, 6) is 1.08. The van der Waals surface area contributed by atoms with Crippen molar-refractivity contribution in [3.05, 3.63) is 42.6 Å². The highest BCUT2D eigenvalue weighted by atomic mass is 32.2. The molecule has 1 aliphatic heterocycles. The lowest BCUT2D eigenvalue weighted by atomic mass is 9.98. The number of carboxylic acid groups (broad SMARTS) is 1. The molecule has 7 heteroatoms. The molecule has 1 fully saturated rings. The highest BCUT2D eigenvalue weighted by molar-refractivity contribution is 7.84. The van der Waals surface area contributed by atoms with Crippen LogP contribution in [0.4, 0.5) is 4.79 Å². The number of pyridine rings is 1. The van der Waals surface area contributed by atoms with Crippen LogP contribution in [0, 0.1) is 5.92 Å². The summed E-state index contributed by atoms with van der Waals surface area (Å²) in [5.41, 5.74) is 1.80. The summed E-state index contributed by atoms with van der Waals surface area (Å²) >= 11 is 0. The Kier molecular flexibility index (Phi) is 5.88. The smallest absolute Gasteiger partial charge is 0.407 e. The van der Waals surface area contributed by atoms with Crippen molar-refractivity contribution in [3.63, 3.8) is 0 Å². The zero-order chi connectivity index (χ0) is 18.5. The molecule has 2 aromatic rings. The third-order valence-corrected chi connectivity index (χ3v) is 5.53. The van der Waals surface area contributed by atoms with E-state index in [9.17, 15) is 9.00 Å². The summed E-state index contributed by atoms with van der Waals surface area (Å²) in [6, 6.07) is 11.3. The number of hydrogen-bond donors (Lipinski definition) is 1. The van der Waals surface area contributed by atoms with Crippen molar-refractivity contribution in [1.82, 2.24) is 9.88 Å². The van der Waals surface area contributed by atoms with E-state index in [2.05, 4.69) is 4.98 Å². The van der Waals surface area contributed by atoms with Crippen molar-refractivity contribution >= 4 is 16.9 Å². The zero-order valence-corrected chi connectivity index (χ0v) is 15.4. The third-order valence-electron chi connectivity index (χ3n) is 4.59. The van der Waals surface area contributed by atoms with Crippen molar-refractivity contribution in [2.75, 3.05) is 26.0 Å². The van der Waals surface area contributed by atoms with Crippen LogP contribution >= 0.6 is 0 Å². The van der Waals surface area contributed by atoms with Gasteiger partial charge in [-0.1, -0.05) is 12.1 Å². The maximum Gasteiger partial charge on any atom is 0.407 e. The minimum absolute atomic E-state index is 0.368. The minimum atomic E-state index is -0.984. The Balaban J connectivity index is 1.53. The first-order valence-electron chi connectivity index (χ1n) is 8.53. The molecule has 138 valence electrons. The molecule has 0 radical (unpaired) electrons. The number of carbonyl (C=O) groups is 1. The van der Waals surface area contributed by atoms with Gasteiger partial charge in [0.2, 0.25) is 0 Å². The molecular weight excluding hydrogens is 352 g/mol. The van der Waals surface area contributed by atoms with Gasteiger partial charge in [0, 0.05) is 40.6 Å². The monoisotopic (exact) mass is 374 g/mol. The number of piperidine rings is 1. The highest BCUT2D eigenvalue weighted by Gasteiger charge is 2.22. The first-order chi connectivity index (χ1) is 12.5. The van der Waals surface area contributed by atoms with E-state index in [1.165, 1.54) is 4.90 Å². The molecule has 1 N–H and O–H groups in total. The Morgan fingerprint density at radius 2 is 1.92 bits per heavy atom. The maximum absolute atomic E-state index is 11.4. The van der Waals surface area contributed by atoms with E-state index < -0.39 is 16.9 Å². The molecular formula is C19H22N2O4S. The first kappa shape index (κ1) is 18.4. The average molecular weight is 374 g/mol. The summed E-state index contributed by atoms with van der Waals surface area (Å²) < 4.78 is 17.3. The van der Waals surface area contributed by atoms with Gasteiger partial charge in [-0.05, 0) is 43.0 Å². The summed E-state index contributed by atoms with van der Waals surface area (Å²) in [5, 5.41) is 8.97. The summed E-state index contributed by atoms with van der Waals surface area (Å²) in [6.07, 6.45) is 4.16. The lowest BCUT2D eigenvalue weighted by Gasteiger charge is -2.29. The molecule has 1 saturated heterocycles. The van der Waals surface area contributed by atoms with Crippen LogP contribution in [0.1, 0.15) is 12.8 Å². The number of aromatic nitrogens is 1. The normalized spacial score (nSPS) is 16.3. The fourth-order valence-corrected chi connectivity index (χ4v) is 3.48. The van der Waals surface area contributed by atoms with E-state index in [1.54, 1.807) is 12.5 Å². The van der Waals surface area contributed by atoms with Gasteiger partial charge in [0.15, 0.2) is 0 Å². The van der Waals surface area contributed by atoms with Gasteiger partial charge in [0.05, 0.1) is 18.5 Å². The molecule has 2 heterocycles. The largest absolute Gasteiger partial charge is 0.492 e. The van der Waals surface area contributed by atoms with Crippen LogP contribution in [0.2, 0.25) is 0 Å². The topological polar surface area (TPSA) is 79.7 Å². The summed E-state index contributed by atoms with van der Waals surface area (Å²) in [7, 11) is -0.984. The summed E-state index contributed by atoms with van der Waals surface area (Å²) in [4.78, 5) is 17.6. The van der Waals surface area contributed by atoms with E-state index in [-0.39, 0.29) is 0 Å².